The molecule has 0 bridgehead atoms. The van der Waals surface area contributed by atoms with Crippen LogP contribution >= 0.6 is 0 Å². The number of hydrogen-bond donors (Lipinski definition) is 1. The Morgan fingerprint density at radius 3 is 2.32 bits per heavy atom. The molecule has 0 aliphatic rings. The summed E-state index contributed by atoms with van der Waals surface area (Å²) in [5.41, 5.74) is 6.31. The van der Waals surface area contributed by atoms with Gasteiger partial charge in [0.25, 0.3) is 0 Å². The summed E-state index contributed by atoms with van der Waals surface area (Å²) in [6.07, 6.45) is 0.971. The summed E-state index contributed by atoms with van der Waals surface area (Å²) >= 11 is 0. The van der Waals surface area contributed by atoms with Crippen LogP contribution < -0.4 is 10.5 Å². The molecule has 0 saturated heterocycles. The number of benzene rings is 1. The Morgan fingerprint density at radius 1 is 1.26 bits per heavy atom. The maximum atomic E-state index is 13.8. The molecule has 0 amide bonds. The molecule has 0 aromatic heterocycles. The molecule has 0 fully saturated rings. The van der Waals surface area contributed by atoms with Gasteiger partial charge in [0.2, 0.25) is 0 Å². The fraction of sp³-hybridized carbons (Fsp3) is 0.571. The van der Waals surface area contributed by atoms with Crippen LogP contribution in [-0.2, 0) is 11.2 Å². The Balaban J connectivity index is 2.79. The van der Waals surface area contributed by atoms with Gasteiger partial charge in [0.1, 0.15) is 6.61 Å². The van der Waals surface area contributed by atoms with Crippen molar-refractivity contribution in [1.29, 1.82) is 0 Å². The van der Waals surface area contributed by atoms with Crippen molar-refractivity contribution < 1.29 is 18.3 Å². The zero-order valence-corrected chi connectivity index (χ0v) is 11.6. The Morgan fingerprint density at radius 2 is 1.84 bits per heavy atom. The topological polar surface area (TPSA) is 44.5 Å². The van der Waals surface area contributed by atoms with E-state index >= 15 is 0 Å². The quantitative estimate of drug-likeness (QED) is 0.830. The van der Waals surface area contributed by atoms with Gasteiger partial charge in [-0.3, -0.25) is 0 Å². The van der Waals surface area contributed by atoms with E-state index < -0.39 is 11.6 Å². The van der Waals surface area contributed by atoms with Gasteiger partial charge in [0.15, 0.2) is 17.4 Å². The number of halogens is 2. The summed E-state index contributed by atoms with van der Waals surface area (Å²) in [5, 5.41) is 0. The minimum absolute atomic E-state index is 0.0954. The van der Waals surface area contributed by atoms with Crippen LogP contribution in [0.2, 0.25) is 0 Å². The lowest BCUT2D eigenvalue weighted by Gasteiger charge is -2.14. The molecule has 2 unspecified atom stereocenters. The highest BCUT2D eigenvalue weighted by Gasteiger charge is 2.15. The zero-order valence-electron chi connectivity index (χ0n) is 11.6. The normalized spacial score (nSPS) is 14.2. The van der Waals surface area contributed by atoms with Gasteiger partial charge < -0.3 is 15.2 Å². The SMILES string of the molecule is CCC(N)Cc1cc(F)c(OCC(C)OC)c(F)c1. The summed E-state index contributed by atoms with van der Waals surface area (Å²) < 4.78 is 37.6. The molecule has 0 saturated carbocycles. The van der Waals surface area contributed by atoms with E-state index in [-0.39, 0.29) is 24.5 Å². The first-order valence-corrected chi connectivity index (χ1v) is 6.37. The second-order valence-corrected chi connectivity index (χ2v) is 4.62. The highest BCUT2D eigenvalue weighted by molar-refractivity contribution is 5.31. The van der Waals surface area contributed by atoms with Crippen LogP contribution in [-0.4, -0.2) is 25.9 Å². The molecule has 5 heteroatoms. The molecule has 19 heavy (non-hydrogen) atoms. The fourth-order valence-electron chi connectivity index (χ4n) is 1.58. The maximum Gasteiger partial charge on any atom is 0.190 e. The first-order valence-electron chi connectivity index (χ1n) is 6.37. The van der Waals surface area contributed by atoms with Gasteiger partial charge >= 0.3 is 0 Å². The van der Waals surface area contributed by atoms with Gasteiger partial charge in [0, 0.05) is 13.2 Å². The van der Waals surface area contributed by atoms with Crippen molar-refractivity contribution in [3.63, 3.8) is 0 Å². The second kappa shape index (κ2) is 7.40. The van der Waals surface area contributed by atoms with Crippen LogP contribution in [0.25, 0.3) is 0 Å². The summed E-state index contributed by atoms with van der Waals surface area (Å²) in [6, 6.07) is 2.44. The van der Waals surface area contributed by atoms with Gasteiger partial charge in [-0.2, -0.15) is 0 Å². The third kappa shape index (κ3) is 4.76. The molecule has 3 nitrogen and oxygen atoms in total. The highest BCUT2D eigenvalue weighted by Crippen LogP contribution is 2.24. The monoisotopic (exact) mass is 273 g/mol. The van der Waals surface area contributed by atoms with Crippen LogP contribution in [0, 0.1) is 11.6 Å². The van der Waals surface area contributed by atoms with Crippen LogP contribution in [0.5, 0.6) is 5.75 Å². The Labute approximate surface area is 112 Å². The first-order chi connectivity index (χ1) is 8.97. The minimum atomic E-state index is -0.707. The van der Waals surface area contributed by atoms with Crippen molar-refractivity contribution in [2.75, 3.05) is 13.7 Å². The predicted molar refractivity (Wildman–Crippen MR) is 70.3 cm³/mol. The number of methoxy groups -OCH3 is 1. The number of nitrogens with two attached hydrogens (primary N) is 1. The van der Waals surface area contributed by atoms with Crippen molar-refractivity contribution in [3.8, 4) is 5.75 Å². The molecule has 1 aromatic rings. The van der Waals surface area contributed by atoms with Crippen molar-refractivity contribution in [2.45, 2.75) is 38.8 Å². The molecule has 0 spiro atoms. The van der Waals surface area contributed by atoms with E-state index in [2.05, 4.69) is 0 Å². The van der Waals surface area contributed by atoms with E-state index in [1.54, 1.807) is 6.92 Å². The fourth-order valence-corrected chi connectivity index (χ4v) is 1.58. The summed E-state index contributed by atoms with van der Waals surface area (Å²) in [4.78, 5) is 0. The number of ether oxygens (including phenoxy) is 2. The van der Waals surface area contributed by atoms with E-state index in [0.29, 0.717) is 12.0 Å². The Kier molecular flexibility index (Phi) is 6.18. The van der Waals surface area contributed by atoms with Gasteiger partial charge in [-0.05, 0) is 37.5 Å². The van der Waals surface area contributed by atoms with Crippen LogP contribution in [0.15, 0.2) is 12.1 Å². The smallest absolute Gasteiger partial charge is 0.190 e. The third-order valence-corrected chi connectivity index (χ3v) is 2.95. The predicted octanol–water partition coefficient (Wildman–Crippen LogP) is 2.66. The molecule has 0 radical (unpaired) electrons. The summed E-state index contributed by atoms with van der Waals surface area (Å²) in [6.45, 7) is 3.78. The number of rotatable bonds is 7. The van der Waals surface area contributed by atoms with Crippen LogP contribution in [0.3, 0.4) is 0 Å². The van der Waals surface area contributed by atoms with E-state index in [0.717, 1.165) is 6.42 Å². The molecular formula is C14H21F2NO2. The van der Waals surface area contributed by atoms with Gasteiger partial charge in [-0.15, -0.1) is 0 Å². The largest absolute Gasteiger partial charge is 0.485 e. The third-order valence-electron chi connectivity index (χ3n) is 2.95. The highest BCUT2D eigenvalue weighted by atomic mass is 19.1. The molecule has 0 aliphatic carbocycles. The minimum Gasteiger partial charge on any atom is -0.485 e. The second-order valence-electron chi connectivity index (χ2n) is 4.62. The molecule has 0 aliphatic heterocycles. The number of hydrogen-bond acceptors (Lipinski definition) is 3. The van der Waals surface area contributed by atoms with E-state index in [1.807, 2.05) is 6.92 Å². The average molecular weight is 273 g/mol. The molecule has 1 aromatic carbocycles. The van der Waals surface area contributed by atoms with E-state index in [9.17, 15) is 8.78 Å². The van der Waals surface area contributed by atoms with Crippen LogP contribution in [0.1, 0.15) is 25.8 Å². The molecule has 0 heterocycles. The zero-order chi connectivity index (χ0) is 14.4. The maximum absolute atomic E-state index is 13.8. The van der Waals surface area contributed by atoms with Gasteiger partial charge in [-0.25, -0.2) is 8.78 Å². The first kappa shape index (κ1) is 15.9. The Hall–Kier alpha value is -1.20. The van der Waals surface area contributed by atoms with Gasteiger partial charge in [0.05, 0.1) is 6.10 Å². The lowest BCUT2D eigenvalue weighted by molar-refractivity contribution is 0.0685. The lowest BCUT2D eigenvalue weighted by Crippen LogP contribution is -2.21. The lowest BCUT2D eigenvalue weighted by atomic mass is 10.0. The van der Waals surface area contributed by atoms with E-state index in [4.69, 9.17) is 15.2 Å². The van der Waals surface area contributed by atoms with Crippen molar-refractivity contribution in [2.24, 2.45) is 5.73 Å². The van der Waals surface area contributed by atoms with Gasteiger partial charge in [-0.1, -0.05) is 6.92 Å². The average Bonchev–Trinajstić information content (AvgIpc) is 2.37. The standard InChI is InChI=1S/C14H21F2NO2/c1-4-11(17)5-10-6-12(15)14(13(16)7-10)19-8-9(2)18-3/h6-7,9,11H,4-5,8,17H2,1-3H3. The Bertz CT molecular complexity index is 389. The summed E-state index contributed by atoms with van der Waals surface area (Å²) in [5.74, 6) is -1.78. The molecule has 1 rings (SSSR count). The molecule has 108 valence electrons. The van der Waals surface area contributed by atoms with Crippen molar-refractivity contribution >= 4 is 0 Å². The van der Waals surface area contributed by atoms with Crippen molar-refractivity contribution in [1.82, 2.24) is 0 Å². The molecule has 2 N–H and O–H groups in total. The summed E-state index contributed by atoms with van der Waals surface area (Å²) in [7, 11) is 1.51. The van der Waals surface area contributed by atoms with E-state index in [1.165, 1.54) is 19.2 Å². The van der Waals surface area contributed by atoms with Crippen molar-refractivity contribution in [3.05, 3.63) is 29.3 Å². The van der Waals surface area contributed by atoms with Crippen LogP contribution in [0.4, 0.5) is 8.78 Å². The molecular weight excluding hydrogens is 252 g/mol. The molecule has 2 atom stereocenters.